The molecular weight excluding hydrogens is 542 g/mol. The summed E-state index contributed by atoms with van der Waals surface area (Å²) in [6.07, 6.45) is 5.80. The van der Waals surface area contributed by atoms with Gasteiger partial charge in [-0.05, 0) is 68.5 Å². The maximum Gasteiger partial charge on any atom is 0.242 e. The Morgan fingerprint density at radius 2 is 1.81 bits per heavy atom. The van der Waals surface area contributed by atoms with Gasteiger partial charge in [-0.3, -0.25) is 13.9 Å². The van der Waals surface area contributed by atoms with Gasteiger partial charge in [0.25, 0.3) is 0 Å². The Bertz CT molecular complexity index is 1170. The number of carbonyl (C=O) groups is 2. The molecule has 0 aliphatic heterocycles. The van der Waals surface area contributed by atoms with Crippen LogP contribution >= 0.6 is 15.9 Å². The highest BCUT2D eigenvalue weighted by Crippen LogP contribution is 2.22. The molecule has 7 nitrogen and oxygen atoms in total. The normalized spacial score (nSPS) is 14.9. The van der Waals surface area contributed by atoms with Crippen LogP contribution in [-0.2, 0) is 26.2 Å². The fraction of sp³-hybridized carbons (Fsp3) is 0.481. The van der Waals surface area contributed by atoms with E-state index in [4.69, 9.17) is 0 Å². The van der Waals surface area contributed by atoms with Crippen molar-refractivity contribution < 1.29 is 18.0 Å². The highest BCUT2D eigenvalue weighted by atomic mass is 79.9. The average molecular weight is 579 g/mol. The van der Waals surface area contributed by atoms with E-state index < -0.39 is 16.1 Å². The molecule has 0 aromatic heterocycles. The molecule has 1 N–H and O–H groups in total. The van der Waals surface area contributed by atoms with Gasteiger partial charge >= 0.3 is 0 Å². The van der Waals surface area contributed by atoms with Crippen LogP contribution in [0.5, 0.6) is 0 Å². The first-order valence-electron chi connectivity index (χ1n) is 12.4. The second kappa shape index (κ2) is 12.7. The van der Waals surface area contributed by atoms with E-state index in [0.29, 0.717) is 18.7 Å². The molecule has 1 saturated carbocycles. The number of anilines is 1. The average Bonchev–Trinajstić information content (AvgIpc) is 3.32. The van der Waals surface area contributed by atoms with Gasteiger partial charge in [0.2, 0.25) is 21.8 Å². The van der Waals surface area contributed by atoms with Crippen molar-refractivity contribution in [3.8, 4) is 0 Å². The van der Waals surface area contributed by atoms with Crippen LogP contribution in [0, 0.1) is 6.92 Å². The number of nitrogens with one attached hydrogen (secondary N) is 1. The van der Waals surface area contributed by atoms with E-state index in [9.17, 15) is 18.0 Å². The van der Waals surface area contributed by atoms with Crippen LogP contribution in [0.3, 0.4) is 0 Å². The minimum Gasteiger partial charge on any atom is -0.352 e. The molecule has 0 spiro atoms. The van der Waals surface area contributed by atoms with Gasteiger partial charge in [0.15, 0.2) is 0 Å². The van der Waals surface area contributed by atoms with E-state index in [1.165, 1.54) is 10.6 Å². The first kappa shape index (κ1) is 28.2. The smallest absolute Gasteiger partial charge is 0.242 e. The Morgan fingerprint density at radius 3 is 2.44 bits per heavy atom. The van der Waals surface area contributed by atoms with Crippen molar-refractivity contribution >= 4 is 43.5 Å². The second-order valence-electron chi connectivity index (χ2n) is 9.60. The summed E-state index contributed by atoms with van der Waals surface area (Å²) in [5.41, 5.74) is 2.45. The molecule has 1 atom stereocenters. The minimum absolute atomic E-state index is 0.132. The highest BCUT2D eigenvalue weighted by Gasteiger charge is 2.28. The number of halogens is 1. The summed E-state index contributed by atoms with van der Waals surface area (Å²) in [5.74, 6) is -0.329. The summed E-state index contributed by atoms with van der Waals surface area (Å²) >= 11 is 3.47. The van der Waals surface area contributed by atoms with Crippen LogP contribution in [0.1, 0.15) is 56.6 Å². The third-order valence-corrected chi connectivity index (χ3v) is 8.24. The Morgan fingerprint density at radius 1 is 1.11 bits per heavy atom. The number of hydrogen-bond donors (Lipinski definition) is 1. The summed E-state index contributed by atoms with van der Waals surface area (Å²) in [7, 11) is -3.51. The maximum absolute atomic E-state index is 13.4. The van der Waals surface area contributed by atoms with Gasteiger partial charge in [0, 0.05) is 30.0 Å². The van der Waals surface area contributed by atoms with Gasteiger partial charge < -0.3 is 10.2 Å². The van der Waals surface area contributed by atoms with E-state index in [0.717, 1.165) is 41.3 Å². The number of benzene rings is 2. The Hall–Kier alpha value is -2.39. The summed E-state index contributed by atoms with van der Waals surface area (Å²) in [4.78, 5) is 28.0. The fourth-order valence-electron chi connectivity index (χ4n) is 4.59. The van der Waals surface area contributed by atoms with Crippen LogP contribution in [-0.4, -0.2) is 50.0 Å². The molecule has 3 rings (SSSR count). The number of carbonyl (C=O) groups excluding carboxylic acids is 2. The summed E-state index contributed by atoms with van der Waals surface area (Å²) in [5, 5.41) is 3.10. The lowest BCUT2D eigenvalue weighted by molar-refractivity contribution is -0.141. The molecule has 1 aliphatic rings. The third-order valence-electron chi connectivity index (χ3n) is 6.55. The molecule has 0 bridgehead atoms. The number of rotatable bonds is 11. The number of hydrogen-bond acceptors (Lipinski definition) is 4. The lowest BCUT2D eigenvalue weighted by Gasteiger charge is -2.30. The molecule has 2 aromatic rings. The summed E-state index contributed by atoms with van der Waals surface area (Å²) in [6.45, 7) is 4.15. The van der Waals surface area contributed by atoms with E-state index in [1.807, 2.05) is 49.4 Å². The van der Waals surface area contributed by atoms with E-state index >= 15 is 0 Å². The lowest BCUT2D eigenvalue weighted by Crippen LogP contribution is -2.49. The first-order chi connectivity index (χ1) is 17.0. The van der Waals surface area contributed by atoms with Gasteiger partial charge in [-0.25, -0.2) is 8.42 Å². The molecule has 196 valence electrons. The van der Waals surface area contributed by atoms with Crippen LogP contribution in [0.15, 0.2) is 53.0 Å². The molecule has 0 unspecified atom stereocenters. The zero-order valence-corrected chi connectivity index (χ0v) is 23.6. The molecule has 2 aromatic carbocycles. The Kier molecular flexibility index (Phi) is 9.96. The monoisotopic (exact) mass is 577 g/mol. The standard InChI is InChI=1S/C27H36BrN3O4S/c1-20-9-6-14-25(17-20)31(36(3,34)35)16-8-15-26(32)30(19-22-10-7-11-23(28)18-22)21(2)27(33)29-24-12-4-5-13-24/h6-7,9-11,14,17-18,21,24H,4-5,8,12-13,15-16,19H2,1-3H3,(H,29,33)/t21-/m0/s1. The molecule has 9 heteroatoms. The quantitative estimate of drug-likeness (QED) is 0.416. The fourth-order valence-corrected chi connectivity index (χ4v) is 6.00. The van der Waals surface area contributed by atoms with Crippen molar-refractivity contribution in [1.82, 2.24) is 10.2 Å². The highest BCUT2D eigenvalue weighted by molar-refractivity contribution is 9.10. The van der Waals surface area contributed by atoms with Gasteiger partial charge in [-0.1, -0.05) is 53.0 Å². The van der Waals surface area contributed by atoms with Crippen molar-refractivity contribution in [2.24, 2.45) is 0 Å². The van der Waals surface area contributed by atoms with Gasteiger partial charge in [-0.2, -0.15) is 0 Å². The topological polar surface area (TPSA) is 86.8 Å². The van der Waals surface area contributed by atoms with E-state index in [-0.39, 0.29) is 30.8 Å². The zero-order chi connectivity index (χ0) is 26.3. The maximum atomic E-state index is 13.4. The predicted octanol–water partition coefficient (Wildman–Crippen LogP) is 4.78. The van der Waals surface area contributed by atoms with Crippen LogP contribution < -0.4 is 9.62 Å². The Labute approximate surface area is 223 Å². The zero-order valence-electron chi connectivity index (χ0n) is 21.2. The van der Waals surface area contributed by atoms with Gasteiger partial charge in [-0.15, -0.1) is 0 Å². The number of sulfonamides is 1. The van der Waals surface area contributed by atoms with Crippen LogP contribution in [0.25, 0.3) is 0 Å². The minimum atomic E-state index is -3.51. The van der Waals surface area contributed by atoms with Gasteiger partial charge in [0.1, 0.15) is 6.04 Å². The van der Waals surface area contributed by atoms with E-state index in [2.05, 4.69) is 21.2 Å². The predicted molar refractivity (Wildman–Crippen MR) is 147 cm³/mol. The second-order valence-corrected chi connectivity index (χ2v) is 12.4. The number of nitrogens with zero attached hydrogens (tertiary/aromatic N) is 2. The molecule has 1 aliphatic carbocycles. The van der Waals surface area contributed by atoms with Crippen LogP contribution in [0.2, 0.25) is 0 Å². The van der Waals surface area contributed by atoms with Crippen molar-refractivity contribution in [2.45, 2.75) is 71.0 Å². The lowest BCUT2D eigenvalue weighted by atomic mass is 10.1. The molecule has 0 radical (unpaired) electrons. The molecule has 2 amide bonds. The molecule has 1 fully saturated rings. The van der Waals surface area contributed by atoms with Crippen molar-refractivity contribution in [3.05, 3.63) is 64.1 Å². The molecule has 0 saturated heterocycles. The van der Waals surface area contributed by atoms with Crippen molar-refractivity contribution in [3.63, 3.8) is 0 Å². The summed E-state index contributed by atoms with van der Waals surface area (Å²) in [6, 6.07) is 14.5. The van der Waals surface area contributed by atoms with Crippen molar-refractivity contribution in [2.75, 3.05) is 17.1 Å². The van der Waals surface area contributed by atoms with Crippen molar-refractivity contribution in [1.29, 1.82) is 0 Å². The summed E-state index contributed by atoms with van der Waals surface area (Å²) < 4.78 is 27.2. The largest absolute Gasteiger partial charge is 0.352 e. The molecule has 0 heterocycles. The van der Waals surface area contributed by atoms with Gasteiger partial charge in [0.05, 0.1) is 11.9 Å². The SMILES string of the molecule is Cc1cccc(N(CCCC(=O)N(Cc2cccc(Br)c2)[C@@H](C)C(=O)NC2CCCC2)S(C)(=O)=O)c1. The van der Waals surface area contributed by atoms with E-state index in [1.54, 1.807) is 17.9 Å². The Balaban J connectivity index is 1.72. The van der Waals surface area contributed by atoms with Crippen LogP contribution in [0.4, 0.5) is 5.69 Å². The number of aryl methyl sites for hydroxylation is 1. The third kappa shape index (κ3) is 8.06. The molecular formula is C27H36BrN3O4S. The first-order valence-corrected chi connectivity index (χ1v) is 15.1. The number of amides is 2. The molecule has 36 heavy (non-hydrogen) atoms.